The minimum atomic E-state index is -4.80. The fraction of sp³-hybridized carbons (Fsp3) is 0.0588. The van der Waals surface area contributed by atoms with E-state index in [1.54, 1.807) is 48.5 Å². The topological polar surface area (TPSA) is 47.6 Å². The minimum Gasteiger partial charge on any atom is -0.192 e. The van der Waals surface area contributed by atoms with Gasteiger partial charge in [-0.05, 0) is 24.3 Å². The second kappa shape index (κ2) is 9.81. The average molecular weight is 629 g/mol. The Morgan fingerprint density at radius 1 is 0.500 bits per heavy atom. The van der Waals surface area contributed by atoms with Crippen molar-refractivity contribution in [2.45, 2.75) is 12.4 Å². The highest BCUT2D eigenvalue weighted by Crippen LogP contribution is 2.55. The number of fused-ring (bicyclic) bond motifs is 6. The van der Waals surface area contributed by atoms with Crippen LogP contribution in [0.3, 0.4) is 0 Å². The Morgan fingerprint density at radius 3 is 1.25 bits per heavy atom. The van der Waals surface area contributed by atoms with E-state index in [4.69, 9.17) is 0 Å². The van der Waals surface area contributed by atoms with Crippen molar-refractivity contribution in [2.24, 2.45) is 0 Å². The van der Waals surface area contributed by atoms with Gasteiger partial charge in [-0.3, -0.25) is 0 Å². The maximum atomic E-state index is 14.2. The molecule has 7 aromatic rings. The molecule has 0 N–H and O–H groups in total. The van der Waals surface area contributed by atoms with Crippen molar-refractivity contribution >= 4 is 63.0 Å². The van der Waals surface area contributed by atoms with Crippen LogP contribution in [0, 0.1) is 22.7 Å². The first-order chi connectivity index (χ1) is 21.0. The molecular weight excluding hydrogens is 615 g/mol. The summed E-state index contributed by atoms with van der Waals surface area (Å²) < 4.78 is 87.4. The summed E-state index contributed by atoms with van der Waals surface area (Å²) in [5, 5.41) is 22.6. The van der Waals surface area contributed by atoms with Crippen LogP contribution in [0.5, 0.6) is 0 Å². The van der Waals surface area contributed by atoms with E-state index in [1.165, 1.54) is 46.9 Å². The molecule has 10 heteroatoms. The van der Waals surface area contributed by atoms with Crippen molar-refractivity contribution in [1.82, 2.24) is 0 Å². The molecule has 2 heterocycles. The molecule has 5 aromatic carbocycles. The Labute approximate surface area is 253 Å². The van der Waals surface area contributed by atoms with E-state index >= 15 is 0 Å². The van der Waals surface area contributed by atoms with Crippen LogP contribution < -0.4 is 0 Å². The van der Waals surface area contributed by atoms with Crippen LogP contribution in [0.25, 0.3) is 62.6 Å². The van der Waals surface area contributed by atoms with E-state index in [2.05, 4.69) is 0 Å². The zero-order valence-electron chi connectivity index (χ0n) is 22.1. The Balaban J connectivity index is 1.80. The lowest BCUT2D eigenvalue weighted by Crippen LogP contribution is -2.09. The van der Waals surface area contributed by atoms with Gasteiger partial charge in [-0.25, -0.2) is 0 Å². The number of rotatable bonds is 2. The van der Waals surface area contributed by atoms with Crippen LogP contribution in [-0.2, 0) is 12.4 Å². The number of nitrogens with zero attached hydrogens (tertiary/aromatic N) is 2. The number of benzene rings is 5. The van der Waals surface area contributed by atoms with Crippen LogP contribution in [0.4, 0.5) is 26.3 Å². The number of hydrogen-bond donors (Lipinski definition) is 0. The summed E-state index contributed by atoms with van der Waals surface area (Å²) in [6, 6.07) is 25.2. The Bertz CT molecular complexity index is 2230. The fourth-order valence-corrected chi connectivity index (χ4v) is 8.46. The van der Waals surface area contributed by atoms with Crippen LogP contribution in [0.2, 0.25) is 0 Å². The Morgan fingerprint density at radius 2 is 0.886 bits per heavy atom. The van der Waals surface area contributed by atoms with E-state index < -0.39 is 34.6 Å². The molecule has 0 fully saturated rings. The molecule has 2 aromatic heterocycles. The third-order valence-electron chi connectivity index (χ3n) is 7.65. The van der Waals surface area contributed by atoms with E-state index in [1.807, 2.05) is 12.1 Å². The lowest BCUT2D eigenvalue weighted by Gasteiger charge is -2.18. The van der Waals surface area contributed by atoms with Crippen LogP contribution >= 0.6 is 22.7 Å². The van der Waals surface area contributed by atoms with Gasteiger partial charge in [0, 0.05) is 62.6 Å². The maximum absolute atomic E-state index is 14.2. The van der Waals surface area contributed by atoms with Gasteiger partial charge in [0.15, 0.2) is 0 Å². The van der Waals surface area contributed by atoms with E-state index in [-0.39, 0.29) is 11.1 Å². The highest BCUT2D eigenvalue weighted by atomic mass is 32.1. The molecule has 0 saturated heterocycles. The van der Waals surface area contributed by atoms with Crippen molar-refractivity contribution in [3.8, 4) is 34.4 Å². The molecule has 0 amide bonds. The van der Waals surface area contributed by atoms with Gasteiger partial charge in [0.2, 0.25) is 0 Å². The van der Waals surface area contributed by atoms with Gasteiger partial charge in [-0.1, -0.05) is 60.7 Å². The van der Waals surface area contributed by atoms with Gasteiger partial charge < -0.3 is 0 Å². The summed E-state index contributed by atoms with van der Waals surface area (Å²) in [6.07, 6.45) is -9.59. The third-order valence-corrected chi connectivity index (χ3v) is 10.0. The molecule has 7 rings (SSSR count). The van der Waals surface area contributed by atoms with Crippen LogP contribution in [0.15, 0.2) is 84.9 Å². The lowest BCUT2D eigenvalue weighted by molar-refractivity contribution is -0.138. The third kappa shape index (κ3) is 4.06. The summed E-state index contributed by atoms with van der Waals surface area (Å²) in [7, 11) is 0. The Kier molecular flexibility index (Phi) is 6.22. The molecule has 0 unspecified atom stereocenters. The largest absolute Gasteiger partial charge is 0.417 e. The molecule has 0 aliphatic carbocycles. The molecule has 2 nitrogen and oxygen atoms in total. The molecule has 0 saturated carbocycles. The van der Waals surface area contributed by atoms with E-state index in [9.17, 15) is 36.9 Å². The van der Waals surface area contributed by atoms with Gasteiger partial charge in [0.25, 0.3) is 0 Å². The molecule has 0 aliphatic heterocycles. The van der Waals surface area contributed by atoms with Crippen molar-refractivity contribution < 1.29 is 26.3 Å². The van der Waals surface area contributed by atoms with Crippen molar-refractivity contribution in [1.29, 1.82) is 10.5 Å². The van der Waals surface area contributed by atoms with Gasteiger partial charge in [0.1, 0.15) is 12.1 Å². The minimum absolute atomic E-state index is 0.0727. The van der Waals surface area contributed by atoms with Crippen molar-refractivity contribution in [3.63, 3.8) is 0 Å². The fourth-order valence-electron chi connectivity index (χ4n) is 5.92. The van der Waals surface area contributed by atoms with Crippen molar-refractivity contribution in [2.75, 3.05) is 0 Å². The van der Waals surface area contributed by atoms with Gasteiger partial charge in [-0.15, -0.1) is 22.7 Å². The number of nitriles is 2. The molecule has 0 spiro atoms. The molecule has 44 heavy (non-hydrogen) atoms. The van der Waals surface area contributed by atoms with Crippen LogP contribution in [-0.4, -0.2) is 0 Å². The predicted octanol–water partition coefficient (Wildman–Crippen LogP) is 11.5. The average Bonchev–Trinajstić information content (AvgIpc) is 3.57. The smallest absolute Gasteiger partial charge is 0.192 e. The quantitative estimate of drug-likeness (QED) is 0.179. The highest BCUT2D eigenvalue weighted by molar-refractivity contribution is 7.28. The van der Waals surface area contributed by atoms with E-state index in [0.717, 1.165) is 21.5 Å². The number of halogens is 6. The first-order valence-electron chi connectivity index (χ1n) is 13.0. The zero-order chi connectivity index (χ0) is 31.0. The highest BCUT2D eigenvalue weighted by Gasteiger charge is 2.37. The summed E-state index contributed by atoms with van der Waals surface area (Å²) in [4.78, 5) is 0. The molecule has 0 radical (unpaired) electrons. The second-order valence-electron chi connectivity index (χ2n) is 10.0. The van der Waals surface area contributed by atoms with Crippen molar-refractivity contribution in [3.05, 3.63) is 107 Å². The van der Waals surface area contributed by atoms with Crippen LogP contribution in [0.1, 0.15) is 22.3 Å². The molecular formula is C34H14F6N2S2. The molecule has 0 bridgehead atoms. The zero-order valence-corrected chi connectivity index (χ0v) is 23.7. The first-order valence-corrected chi connectivity index (χ1v) is 14.7. The normalized spacial score (nSPS) is 12.3. The van der Waals surface area contributed by atoms with E-state index in [0.29, 0.717) is 42.1 Å². The number of alkyl halides is 6. The summed E-state index contributed by atoms with van der Waals surface area (Å²) >= 11 is 2.57. The monoisotopic (exact) mass is 628 g/mol. The van der Waals surface area contributed by atoms with Gasteiger partial charge >= 0.3 is 12.4 Å². The molecule has 0 aliphatic rings. The first kappa shape index (κ1) is 27.9. The Hall–Kier alpha value is -4.90. The SMILES string of the molecule is N#Cc1c(-c2c3sc4ccccc4c3c(-c3cccc(C(F)(F)F)c3C#N)c3sc4ccccc4c23)cccc1C(F)(F)F. The standard InChI is InChI=1S/C34H14F6N2S2/c35-33(36,37)23-11-5-9-17(21(23)15-41)27-29-19-7-1-3-13-25(19)43-31(29)28(30-20-8-2-4-14-26(20)44-32(27)30)18-10-6-12-24(22(18)16-42)34(38,39)40/h1-14H. The summed E-state index contributed by atoms with van der Waals surface area (Å²) in [6.45, 7) is 0. The predicted molar refractivity (Wildman–Crippen MR) is 163 cm³/mol. The summed E-state index contributed by atoms with van der Waals surface area (Å²) in [5.41, 5.74) is -2.30. The molecule has 214 valence electrons. The van der Waals surface area contributed by atoms with Gasteiger partial charge in [0.05, 0.1) is 22.3 Å². The number of thiophene rings is 2. The molecule has 0 atom stereocenters. The number of hydrogen-bond acceptors (Lipinski definition) is 4. The van der Waals surface area contributed by atoms with Gasteiger partial charge in [-0.2, -0.15) is 36.9 Å². The summed E-state index contributed by atoms with van der Waals surface area (Å²) in [5.74, 6) is 0. The second-order valence-corrected chi connectivity index (χ2v) is 12.1. The lowest BCUT2D eigenvalue weighted by atomic mass is 9.86. The maximum Gasteiger partial charge on any atom is 0.417 e.